The number of nitrogens with zero attached hydrogens (tertiary/aromatic N) is 3. The molecule has 1 heterocycles. The number of nitrogens with one attached hydrogen (secondary N) is 1. The van der Waals surface area contributed by atoms with Crippen LogP contribution in [0, 0.1) is 0 Å². The number of methoxy groups -OCH3 is 2. The van der Waals surface area contributed by atoms with Gasteiger partial charge < -0.3 is 24.1 Å². The van der Waals surface area contributed by atoms with Crippen molar-refractivity contribution in [2.45, 2.75) is 25.2 Å². The van der Waals surface area contributed by atoms with E-state index in [1.165, 1.54) is 11.8 Å². The van der Waals surface area contributed by atoms with E-state index in [9.17, 15) is 4.79 Å². The predicted molar refractivity (Wildman–Crippen MR) is 115 cm³/mol. The molecular weight excluding hydrogens is 404 g/mol. The van der Waals surface area contributed by atoms with Crippen LogP contribution in [-0.4, -0.2) is 40.6 Å². The Morgan fingerprint density at radius 2 is 1.73 bits per heavy atom. The van der Waals surface area contributed by atoms with Gasteiger partial charge in [-0.3, -0.25) is 4.79 Å². The smallest absolute Gasteiger partial charge is 0.234 e. The maximum atomic E-state index is 12.4. The zero-order valence-corrected chi connectivity index (χ0v) is 17.9. The molecule has 0 aliphatic carbocycles. The molecule has 0 spiro atoms. The minimum Gasteiger partial charge on any atom is -0.497 e. The van der Waals surface area contributed by atoms with Crippen molar-refractivity contribution in [1.29, 1.82) is 0 Å². The average Bonchev–Trinajstić information content (AvgIpc) is 3.18. The Labute approximate surface area is 179 Å². The Kier molecular flexibility index (Phi) is 7.56. The Morgan fingerprint density at radius 3 is 2.37 bits per heavy atom. The van der Waals surface area contributed by atoms with E-state index in [-0.39, 0.29) is 11.7 Å². The Balaban J connectivity index is 1.59. The van der Waals surface area contributed by atoms with E-state index in [2.05, 4.69) is 15.5 Å². The molecule has 3 rings (SSSR count). The van der Waals surface area contributed by atoms with Gasteiger partial charge in [0.15, 0.2) is 11.0 Å². The van der Waals surface area contributed by atoms with E-state index >= 15 is 0 Å². The molecule has 30 heavy (non-hydrogen) atoms. The largest absolute Gasteiger partial charge is 0.497 e. The van der Waals surface area contributed by atoms with Gasteiger partial charge in [-0.1, -0.05) is 30.0 Å². The van der Waals surface area contributed by atoms with Gasteiger partial charge in [0.05, 0.1) is 20.0 Å². The van der Waals surface area contributed by atoms with Crippen LogP contribution in [0.2, 0.25) is 0 Å². The SMILES string of the molecule is CCn1c(COc2ccccc2)nnc1SCC(=O)Nc1cc(OC)cc(OC)c1. The molecule has 8 nitrogen and oxygen atoms in total. The van der Waals surface area contributed by atoms with Crippen LogP contribution in [0.4, 0.5) is 5.69 Å². The van der Waals surface area contributed by atoms with E-state index < -0.39 is 0 Å². The fourth-order valence-electron chi connectivity index (χ4n) is 2.72. The topological polar surface area (TPSA) is 87.5 Å². The molecule has 9 heteroatoms. The van der Waals surface area contributed by atoms with E-state index in [0.717, 1.165) is 5.75 Å². The fourth-order valence-corrected chi connectivity index (χ4v) is 3.54. The first kappa shape index (κ1) is 21.5. The second-order valence-corrected chi connectivity index (χ2v) is 7.13. The third-order valence-corrected chi connectivity index (χ3v) is 5.16. The highest BCUT2D eigenvalue weighted by atomic mass is 32.2. The summed E-state index contributed by atoms with van der Waals surface area (Å²) in [6.45, 7) is 2.99. The van der Waals surface area contributed by atoms with Crippen molar-refractivity contribution in [2.75, 3.05) is 25.3 Å². The molecule has 0 saturated carbocycles. The minimum atomic E-state index is -0.164. The lowest BCUT2D eigenvalue weighted by Crippen LogP contribution is -2.15. The summed E-state index contributed by atoms with van der Waals surface area (Å²) in [7, 11) is 3.12. The van der Waals surface area contributed by atoms with Gasteiger partial charge in [-0.2, -0.15) is 0 Å². The number of benzene rings is 2. The van der Waals surface area contributed by atoms with Crippen LogP contribution in [0.1, 0.15) is 12.7 Å². The van der Waals surface area contributed by atoms with E-state index in [4.69, 9.17) is 14.2 Å². The maximum Gasteiger partial charge on any atom is 0.234 e. The van der Waals surface area contributed by atoms with E-state index in [0.29, 0.717) is 41.3 Å². The van der Waals surface area contributed by atoms with Gasteiger partial charge in [0, 0.05) is 30.4 Å². The van der Waals surface area contributed by atoms with Gasteiger partial charge in [0.2, 0.25) is 5.91 Å². The summed E-state index contributed by atoms with van der Waals surface area (Å²) in [5, 5.41) is 11.9. The molecule has 0 aliphatic rings. The van der Waals surface area contributed by atoms with Crippen LogP contribution in [0.15, 0.2) is 53.7 Å². The molecule has 1 amide bonds. The first-order valence-corrected chi connectivity index (χ1v) is 10.4. The molecule has 0 saturated heterocycles. The van der Waals surface area contributed by atoms with Crippen molar-refractivity contribution in [3.63, 3.8) is 0 Å². The summed E-state index contributed by atoms with van der Waals surface area (Å²) >= 11 is 1.32. The number of ether oxygens (including phenoxy) is 3. The average molecular weight is 429 g/mol. The number of rotatable bonds is 10. The summed E-state index contributed by atoms with van der Waals surface area (Å²) in [6, 6.07) is 14.8. The molecule has 2 aromatic carbocycles. The summed E-state index contributed by atoms with van der Waals surface area (Å²) in [4.78, 5) is 12.4. The molecule has 0 aliphatic heterocycles. The molecule has 0 fully saturated rings. The lowest BCUT2D eigenvalue weighted by atomic mass is 10.2. The molecule has 158 valence electrons. The number of thioether (sulfide) groups is 1. The van der Waals surface area contributed by atoms with Gasteiger partial charge in [-0.15, -0.1) is 10.2 Å². The zero-order chi connectivity index (χ0) is 21.3. The number of anilines is 1. The first-order valence-electron chi connectivity index (χ1n) is 9.38. The number of para-hydroxylation sites is 1. The Hall–Kier alpha value is -3.20. The summed E-state index contributed by atoms with van der Waals surface area (Å²) in [5.74, 6) is 2.71. The van der Waals surface area contributed by atoms with Crippen LogP contribution in [-0.2, 0) is 17.9 Å². The molecule has 1 N–H and O–H groups in total. The normalized spacial score (nSPS) is 10.5. The zero-order valence-electron chi connectivity index (χ0n) is 17.1. The van der Waals surface area contributed by atoms with Crippen molar-refractivity contribution in [1.82, 2.24) is 14.8 Å². The quantitative estimate of drug-likeness (QED) is 0.494. The molecule has 1 aromatic heterocycles. The number of carbonyl (C=O) groups is 1. The molecule has 0 bridgehead atoms. The van der Waals surface area contributed by atoms with Crippen molar-refractivity contribution in [3.05, 3.63) is 54.4 Å². The van der Waals surface area contributed by atoms with Crippen LogP contribution < -0.4 is 19.5 Å². The van der Waals surface area contributed by atoms with E-state index in [1.54, 1.807) is 32.4 Å². The van der Waals surface area contributed by atoms with Gasteiger partial charge in [-0.05, 0) is 19.1 Å². The van der Waals surface area contributed by atoms with Crippen molar-refractivity contribution in [3.8, 4) is 17.2 Å². The molecule has 0 radical (unpaired) electrons. The number of carbonyl (C=O) groups excluding carboxylic acids is 1. The highest BCUT2D eigenvalue weighted by Gasteiger charge is 2.14. The summed E-state index contributed by atoms with van der Waals surface area (Å²) in [6.07, 6.45) is 0. The molecule has 0 unspecified atom stereocenters. The molecular formula is C21H24N4O4S. The Morgan fingerprint density at radius 1 is 1.03 bits per heavy atom. The standard InChI is InChI=1S/C21H24N4O4S/c1-4-25-19(13-29-16-8-6-5-7-9-16)23-24-21(25)30-14-20(26)22-15-10-17(27-2)12-18(11-15)28-3/h5-12H,4,13-14H2,1-3H3,(H,22,26). The van der Waals surface area contributed by atoms with Crippen molar-refractivity contribution in [2.24, 2.45) is 0 Å². The van der Waals surface area contributed by atoms with Crippen LogP contribution in [0.25, 0.3) is 0 Å². The lowest BCUT2D eigenvalue weighted by Gasteiger charge is -2.10. The number of hydrogen-bond acceptors (Lipinski definition) is 7. The first-order chi connectivity index (χ1) is 14.6. The summed E-state index contributed by atoms with van der Waals surface area (Å²) < 4.78 is 18.2. The highest BCUT2D eigenvalue weighted by Crippen LogP contribution is 2.26. The second kappa shape index (κ2) is 10.5. The van der Waals surface area contributed by atoms with Crippen LogP contribution in [0.3, 0.4) is 0 Å². The fraction of sp³-hybridized carbons (Fsp3) is 0.286. The highest BCUT2D eigenvalue weighted by molar-refractivity contribution is 7.99. The van der Waals surface area contributed by atoms with Gasteiger partial charge in [0.25, 0.3) is 0 Å². The van der Waals surface area contributed by atoms with E-state index in [1.807, 2.05) is 41.8 Å². The van der Waals surface area contributed by atoms with Crippen LogP contribution in [0.5, 0.6) is 17.2 Å². The number of amides is 1. The van der Waals surface area contributed by atoms with Crippen molar-refractivity contribution >= 4 is 23.4 Å². The van der Waals surface area contributed by atoms with Gasteiger partial charge in [-0.25, -0.2) is 0 Å². The predicted octanol–water partition coefficient (Wildman–Crippen LogP) is 3.63. The monoisotopic (exact) mass is 428 g/mol. The second-order valence-electron chi connectivity index (χ2n) is 6.18. The number of hydrogen-bond donors (Lipinski definition) is 1. The molecule has 3 aromatic rings. The van der Waals surface area contributed by atoms with Crippen molar-refractivity contribution < 1.29 is 19.0 Å². The van der Waals surface area contributed by atoms with Gasteiger partial charge in [0.1, 0.15) is 23.9 Å². The summed E-state index contributed by atoms with van der Waals surface area (Å²) in [5.41, 5.74) is 0.603. The Bertz CT molecular complexity index is 956. The third-order valence-electron chi connectivity index (χ3n) is 4.19. The third kappa shape index (κ3) is 5.66. The van der Waals surface area contributed by atoms with Gasteiger partial charge >= 0.3 is 0 Å². The minimum absolute atomic E-state index is 0.164. The lowest BCUT2D eigenvalue weighted by molar-refractivity contribution is -0.113. The maximum absolute atomic E-state index is 12.4. The number of aromatic nitrogens is 3. The van der Waals surface area contributed by atoms with Crippen LogP contribution >= 0.6 is 11.8 Å². The molecule has 0 atom stereocenters.